The Kier molecular flexibility index (Phi) is 4.18. The maximum Gasteiger partial charge on any atom is 0.214 e. The summed E-state index contributed by atoms with van der Waals surface area (Å²) in [5.74, 6) is 0. The monoisotopic (exact) mass is 268 g/mol. The van der Waals surface area contributed by atoms with Crippen LogP contribution < -0.4 is 4.90 Å². The third kappa shape index (κ3) is 3.05. The van der Waals surface area contributed by atoms with Crippen LogP contribution >= 0.6 is 0 Å². The van der Waals surface area contributed by atoms with Gasteiger partial charge in [0.1, 0.15) is 0 Å². The summed E-state index contributed by atoms with van der Waals surface area (Å²) in [5.41, 5.74) is 6.28. The van der Waals surface area contributed by atoms with Crippen LogP contribution in [-0.2, 0) is 11.3 Å². The van der Waals surface area contributed by atoms with Gasteiger partial charge in [-0.2, -0.15) is 0 Å². The number of anilines is 1. The molecule has 0 fully saturated rings. The van der Waals surface area contributed by atoms with E-state index in [1.54, 1.807) is 4.90 Å². The lowest BCUT2D eigenvalue weighted by Crippen LogP contribution is -2.23. The fourth-order valence-corrected chi connectivity index (χ4v) is 2.66. The van der Waals surface area contributed by atoms with E-state index in [-0.39, 0.29) is 0 Å². The van der Waals surface area contributed by atoms with E-state index in [0.29, 0.717) is 6.54 Å². The van der Waals surface area contributed by atoms with Gasteiger partial charge < -0.3 is 4.90 Å². The second-order valence-corrected chi connectivity index (χ2v) is 5.25. The normalized spacial score (nSPS) is 10.4. The molecule has 1 aromatic carbocycles. The number of rotatable bonds is 4. The van der Waals surface area contributed by atoms with Crippen molar-refractivity contribution in [3.8, 4) is 0 Å². The van der Waals surface area contributed by atoms with E-state index in [9.17, 15) is 4.79 Å². The molecule has 0 aliphatic rings. The van der Waals surface area contributed by atoms with Crippen molar-refractivity contribution in [1.29, 1.82) is 0 Å². The van der Waals surface area contributed by atoms with Gasteiger partial charge in [-0.05, 0) is 51.0 Å². The quantitative estimate of drug-likeness (QED) is 0.795. The van der Waals surface area contributed by atoms with E-state index < -0.39 is 0 Å². The first-order chi connectivity index (χ1) is 9.51. The van der Waals surface area contributed by atoms with E-state index in [0.717, 1.165) is 34.6 Å². The van der Waals surface area contributed by atoms with Crippen molar-refractivity contribution in [2.24, 2.45) is 0 Å². The van der Waals surface area contributed by atoms with Crippen LogP contribution in [0.15, 0.2) is 30.3 Å². The Morgan fingerprint density at radius 3 is 2.30 bits per heavy atom. The molecule has 104 valence electrons. The van der Waals surface area contributed by atoms with Crippen LogP contribution in [0.3, 0.4) is 0 Å². The van der Waals surface area contributed by atoms with Crippen LogP contribution in [0.1, 0.15) is 28.1 Å². The van der Waals surface area contributed by atoms with Crippen molar-refractivity contribution in [3.63, 3.8) is 0 Å². The minimum atomic E-state index is 0.496. The summed E-state index contributed by atoms with van der Waals surface area (Å²) >= 11 is 0. The summed E-state index contributed by atoms with van der Waals surface area (Å²) in [6, 6.07) is 10.1. The van der Waals surface area contributed by atoms with E-state index in [1.807, 2.05) is 39.0 Å². The Morgan fingerprint density at radius 2 is 1.75 bits per heavy atom. The second-order valence-electron chi connectivity index (χ2n) is 5.25. The van der Waals surface area contributed by atoms with Crippen LogP contribution in [0.25, 0.3) is 0 Å². The zero-order valence-electron chi connectivity index (χ0n) is 12.5. The average molecular weight is 268 g/mol. The average Bonchev–Trinajstić information content (AvgIpc) is 2.36. The van der Waals surface area contributed by atoms with Gasteiger partial charge in [-0.1, -0.05) is 23.8 Å². The van der Waals surface area contributed by atoms with Crippen molar-refractivity contribution >= 4 is 12.1 Å². The van der Waals surface area contributed by atoms with E-state index in [2.05, 4.69) is 24.0 Å². The molecule has 3 nitrogen and oxygen atoms in total. The maximum absolute atomic E-state index is 11.5. The molecule has 0 radical (unpaired) electrons. The fourth-order valence-electron chi connectivity index (χ4n) is 2.66. The molecule has 0 atom stereocenters. The minimum Gasteiger partial charge on any atom is -0.308 e. The molecule has 0 unspecified atom stereocenters. The SMILES string of the molecule is Cc1cc(C)c(N(C=O)Cc2cccc(C)n2)c(C)c1. The number of nitrogens with zero attached hydrogens (tertiary/aromatic N) is 2. The molecule has 0 aliphatic heterocycles. The van der Waals surface area contributed by atoms with E-state index in [4.69, 9.17) is 0 Å². The molecule has 3 heteroatoms. The Hall–Kier alpha value is -2.16. The molecule has 2 aromatic rings. The molecule has 0 N–H and O–H groups in total. The van der Waals surface area contributed by atoms with Gasteiger partial charge in [0, 0.05) is 11.4 Å². The van der Waals surface area contributed by atoms with Crippen molar-refractivity contribution < 1.29 is 4.79 Å². The van der Waals surface area contributed by atoms with Gasteiger partial charge in [0.25, 0.3) is 0 Å². The third-order valence-corrected chi connectivity index (χ3v) is 3.33. The van der Waals surface area contributed by atoms with Gasteiger partial charge in [-0.25, -0.2) is 0 Å². The number of carbonyl (C=O) groups excluding carboxylic acids is 1. The molecule has 20 heavy (non-hydrogen) atoms. The maximum atomic E-state index is 11.5. The largest absolute Gasteiger partial charge is 0.308 e. The summed E-state index contributed by atoms with van der Waals surface area (Å²) in [6.07, 6.45) is 0.884. The van der Waals surface area contributed by atoms with Crippen molar-refractivity contribution in [1.82, 2.24) is 4.98 Å². The van der Waals surface area contributed by atoms with Gasteiger partial charge in [-0.3, -0.25) is 9.78 Å². The van der Waals surface area contributed by atoms with E-state index >= 15 is 0 Å². The molecule has 0 aliphatic carbocycles. The van der Waals surface area contributed by atoms with Crippen molar-refractivity contribution in [3.05, 3.63) is 58.4 Å². The summed E-state index contributed by atoms with van der Waals surface area (Å²) in [7, 11) is 0. The van der Waals surface area contributed by atoms with Crippen LogP contribution in [0, 0.1) is 27.7 Å². The molecule has 1 heterocycles. The fraction of sp³-hybridized carbons (Fsp3) is 0.294. The number of hydrogen-bond donors (Lipinski definition) is 0. The zero-order valence-corrected chi connectivity index (χ0v) is 12.5. The molecule has 1 amide bonds. The van der Waals surface area contributed by atoms with Crippen molar-refractivity contribution in [2.45, 2.75) is 34.2 Å². The smallest absolute Gasteiger partial charge is 0.214 e. The number of benzene rings is 1. The highest BCUT2D eigenvalue weighted by Crippen LogP contribution is 2.26. The number of carbonyl (C=O) groups is 1. The van der Waals surface area contributed by atoms with Gasteiger partial charge >= 0.3 is 0 Å². The Balaban J connectivity index is 2.36. The predicted octanol–water partition coefficient (Wildman–Crippen LogP) is 3.48. The molecular weight excluding hydrogens is 248 g/mol. The molecule has 0 bridgehead atoms. The molecule has 0 saturated carbocycles. The molecular formula is C17H20N2O. The highest BCUT2D eigenvalue weighted by molar-refractivity contribution is 5.79. The summed E-state index contributed by atoms with van der Waals surface area (Å²) in [5, 5.41) is 0. The molecule has 0 spiro atoms. The molecule has 1 aromatic heterocycles. The summed E-state index contributed by atoms with van der Waals surface area (Å²) in [4.78, 5) is 17.7. The van der Waals surface area contributed by atoms with Crippen LogP contribution in [-0.4, -0.2) is 11.4 Å². The first-order valence-electron chi connectivity index (χ1n) is 6.73. The minimum absolute atomic E-state index is 0.496. The highest BCUT2D eigenvalue weighted by atomic mass is 16.1. The number of amides is 1. The zero-order chi connectivity index (χ0) is 14.7. The standard InChI is InChI=1S/C17H20N2O/c1-12-8-13(2)17(14(3)9-12)19(11-20)10-16-7-5-6-15(4)18-16/h5-9,11H,10H2,1-4H3. The van der Waals surface area contributed by atoms with E-state index in [1.165, 1.54) is 5.56 Å². The first-order valence-corrected chi connectivity index (χ1v) is 6.73. The van der Waals surface area contributed by atoms with Gasteiger partial charge in [0.05, 0.1) is 12.2 Å². The van der Waals surface area contributed by atoms with Gasteiger partial charge in [0.15, 0.2) is 0 Å². The van der Waals surface area contributed by atoms with Crippen LogP contribution in [0.2, 0.25) is 0 Å². The number of pyridine rings is 1. The number of hydrogen-bond acceptors (Lipinski definition) is 2. The number of aromatic nitrogens is 1. The Bertz CT molecular complexity index is 612. The topological polar surface area (TPSA) is 33.2 Å². The first kappa shape index (κ1) is 14.3. The Morgan fingerprint density at radius 1 is 1.10 bits per heavy atom. The predicted molar refractivity (Wildman–Crippen MR) is 81.9 cm³/mol. The highest BCUT2D eigenvalue weighted by Gasteiger charge is 2.13. The van der Waals surface area contributed by atoms with Crippen molar-refractivity contribution in [2.75, 3.05) is 4.90 Å². The molecule has 0 saturated heterocycles. The van der Waals surface area contributed by atoms with Gasteiger partial charge in [-0.15, -0.1) is 0 Å². The second kappa shape index (κ2) is 5.87. The van der Waals surface area contributed by atoms with Crippen LogP contribution in [0.4, 0.5) is 5.69 Å². The van der Waals surface area contributed by atoms with Crippen LogP contribution in [0.5, 0.6) is 0 Å². The summed E-state index contributed by atoms with van der Waals surface area (Å²) < 4.78 is 0. The Labute approximate surface area is 120 Å². The van der Waals surface area contributed by atoms with Gasteiger partial charge in [0.2, 0.25) is 6.41 Å². The molecule has 2 rings (SSSR count). The lowest BCUT2D eigenvalue weighted by molar-refractivity contribution is -0.107. The summed E-state index contributed by atoms with van der Waals surface area (Å²) in [6.45, 7) is 8.59. The lowest BCUT2D eigenvalue weighted by atomic mass is 10.0. The third-order valence-electron chi connectivity index (χ3n) is 3.33. The number of aryl methyl sites for hydroxylation is 4. The lowest BCUT2D eigenvalue weighted by Gasteiger charge is -2.22.